The summed E-state index contributed by atoms with van der Waals surface area (Å²) in [5, 5.41) is 8.20. The first-order valence-electron chi connectivity index (χ1n) is 13.1. The van der Waals surface area contributed by atoms with Gasteiger partial charge in [-0.3, -0.25) is 0 Å². The highest BCUT2D eigenvalue weighted by atomic mass is 79.9. The standard InChI is InChI=1S/C36H25BrSSi/c37-26-13-11-18-29(25-26)39(27-14-3-1-4-15-27,28-16-5-2-6-17-28)35-24-10-8-20-31(35)33-22-12-21-32-30-19-7-9-23-34(30)38-36(32)33/h1-25H. The molecule has 0 aliphatic rings. The topological polar surface area (TPSA) is 0 Å². The van der Waals surface area contributed by atoms with Crippen molar-refractivity contribution in [3.63, 3.8) is 0 Å². The Morgan fingerprint density at radius 3 is 1.77 bits per heavy atom. The van der Waals surface area contributed by atoms with E-state index in [1.165, 1.54) is 52.0 Å². The third kappa shape index (κ3) is 4.01. The SMILES string of the molecule is Brc1cccc([Si](c2ccccc2)(c2ccccc2)c2ccccc2-c2cccc3c2sc2ccccc23)c1. The van der Waals surface area contributed by atoms with Crippen molar-refractivity contribution in [3.05, 3.63) is 156 Å². The molecule has 0 N–H and O–H groups in total. The second-order valence-corrected chi connectivity index (χ2v) is 15.6. The van der Waals surface area contributed by atoms with Crippen LogP contribution in [0.2, 0.25) is 0 Å². The summed E-state index contributed by atoms with van der Waals surface area (Å²) in [4.78, 5) is 0. The van der Waals surface area contributed by atoms with Gasteiger partial charge in [-0.1, -0.05) is 149 Å². The maximum atomic E-state index is 3.81. The first-order valence-corrected chi connectivity index (χ1v) is 16.7. The average Bonchev–Trinajstić information content (AvgIpc) is 3.38. The van der Waals surface area contributed by atoms with Gasteiger partial charge in [-0.25, -0.2) is 0 Å². The van der Waals surface area contributed by atoms with E-state index < -0.39 is 8.07 Å². The van der Waals surface area contributed by atoms with Crippen LogP contribution in [-0.2, 0) is 0 Å². The lowest BCUT2D eigenvalue weighted by molar-refractivity contribution is 1.64. The lowest BCUT2D eigenvalue weighted by Gasteiger charge is -2.36. The Kier molecular flexibility index (Phi) is 6.28. The molecule has 39 heavy (non-hydrogen) atoms. The molecule has 0 saturated heterocycles. The van der Waals surface area contributed by atoms with Gasteiger partial charge in [0.2, 0.25) is 0 Å². The van der Waals surface area contributed by atoms with Gasteiger partial charge >= 0.3 is 0 Å². The molecule has 7 aromatic rings. The maximum Gasteiger partial charge on any atom is 0.180 e. The van der Waals surface area contributed by atoms with Crippen molar-refractivity contribution >= 4 is 76.3 Å². The quantitative estimate of drug-likeness (QED) is 0.140. The van der Waals surface area contributed by atoms with E-state index in [0.717, 1.165) is 4.47 Å². The molecule has 0 fully saturated rings. The van der Waals surface area contributed by atoms with Gasteiger partial charge in [0.05, 0.1) is 0 Å². The minimum absolute atomic E-state index is 1.10. The zero-order chi connectivity index (χ0) is 26.2. The molecule has 1 heterocycles. The van der Waals surface area contributed by atoms with Crippen LogP contribution in [-0.4, -0.2) is 8.07 Å². The van der Waals surface area contributed by atoms with Gasteiger partial charge in [-0.05, 0) is 50.1 Å². The highest BCUT2D eigenvalue weighted by molar-refractivity contribution is 9.10. The highest BCUT2D eigenvalue weighted by Crippen LogP contribution is 2.39. The molecule has 0 aliphatic carbocycles. The van der Waals surface area contributed by atoms with E-state index in [0.29, 0.717) is 0 Å². The molecule has 6 aromatic carbocycles. The Labute approximate surface area is 242 Å². The van der Waals surface area contributed by atoms with Crippen LogP contribution >= 0.6 is 27.3 Å². The second-order valence-electron chi connectivity index (χ2n) is 9.82. The molecule has 186 valence electrons. The van der Waals surface area contributed by atoms with Crippen molar-refractivity contribution in [2.45, 2.75) is 0 Å². The predicted octanol–water partition coefficient (Wildman–Crippen LogP) is 7.86. The van der Waals surface area contributed by atoms with E-state index in [4.69, 9.17) is 0 Å². The zero-order valence-electron chi connectivity index (χ0n) is 21.2. The van der Waals surface area contributed by atoms with Gasteiger partial charge in [-0.15, -0.1) is 11.3 Å². The number of halogens is 1. The van der Waals surface area contributed by atoms with E-state index in [-0.39, 0.29) is 0 Å². The monoisotopic (exact) mass is 596 g/mol. The number of hydrogen-bond donors (Lipinski definition) is 0. The highest BCUT2D eigenvalue weighted by Gasteiger charge is 2.43. The molecule has 0 bridgehead atoms. The molecule has 0 radical (unpaired) electrons. The largest absolute Gasteiger partial charge is 0.180 e. The molecular weight excluding hydrogens is 572 g/mol. The van der Waals surface area contributed by atoms with Gasteiger partial charge in [0.15, 0.2) is 8.07 Å². The van der Waals surface area contributed by atoms with E-state index in [2.05, 4.69) is 168 Å². The number of rotatable bonds is 5. The normalized spacial score (nSPS) is 11.7. The average molecular weight is 598 g/mol. The van der Waals surface area contributed by atoms with Crippen LogP contribution in [0.25, 0.3) is 31.3 Å². The molecule has 1 aromatic heterocycles. The molecule has 3 heteroatoms. The Bertz CT molecular complexity index is 1890. The van der Waals surface area contributed by atoms with E-state index in [9.17, 15) is 0 Å². The van der Waals surface area contributed by atoms with E-state index in [1.807, 2.05) is 11.3 Å². The van der Waals surface area contributed by atoms with Crippen LogP contribution in [0.1, 0.15) is 0 Å². The summed E-state index contributed by atoms with van der Waals surface area (Å²) in [5.41, 5.74) is 2.62. The summed E-state index contributed by atoms with van der Waals surface area (Å²) in [6, 6.07) is 56.0. The number of hydrogen-bond acceptors (Lipinski definition) is 1. The van der Waals surface area contributed by atoms with Crippen molar-refractivity contribution in [1.29, 1.82) is 0 Å². The first-order chi connectivity index (χ1) is 19.3. The Hall–Kier alpha value is -3.76. The van der Waals surface area contributed by atoms with Crippen LogP contribution in [0.5, 0.6) is 0 Å². The van der Waals surface area contributed by atoms with Gasteiger partial charge < -0.3 is 0 Å². The fraction of sp³-hybridized carbons (Fsp3) is 0. The second kappa shape index (κ2) is 10.1. The van der Waals surface area contributed by atoms with E-state index in [1.54, 1.807) is 0 Å². The van der Waals surface area contributed by atoms with Crippen LogP contribution in [0.15, 0.2) is 156 Å². The summed E-state index contributed by atoms with van der Waals surface area (Å²) in [6.45, 7) is 0. The van der Waals surface area contributed by atoms with Gasteiger partial charge in [-0.2, -0.15) is 0 Å². The van der Waals surface area contributed by atoms with Gasteiger partial charge in [0.25, 0.3) is 0 Å². The van der Waals surface area contributed by atoms with Crippen molar-refractivity contribution in [2.24, 2.45) is 0 Å². The molecule has 0 atom stereocenters. The first kappa shape index (κ1) is 24.3. The Morgan fingerprint density at radius 2 is 1.03 bits per heavy atom. The van der Waals surface area contributed by atoms with Crippen molar-refractivity contribution < 1.29 is 0 Å². The zero-order valence-corrected chi connectivity index (χ0v) is 24.6. The molecule has 0 amide bonds. The molecule has 0 saturated carbocycles. The lowest BCUT2D eigenvalue weighted by Crippen LogP contribution is -2.75. The summed E-state index contributed by atoms with van der Waals surface area (Å²) >= 11 is 5.71. The Balaban J connectivity index is 1.63. The predicted molar refractivity (Wildman–Crippen MR) is 176 cm³/mol. The molecule has 0 nitrogen and oxygen atoms in total. The van der Waals surface area contributed by atoms with E-state index >= 15 is 0 Å². The van der Waals surface area contributed by atoms with Crippen LogP contribution in [0.4, 0.5) is 0 Å². The molecule has 0 aliphatic heterocycles. The maximum absolute atomic E-state index is 3.81. The third-order valence-corrected chi connectivity index (χ3v) is 14.2. The fourth-order valence-corrected chi connectivity index (χ4v) is 12.9. The molecule has 0 unspecified atom stereocenters. The third-order valence-electron chi connectivity index (χ3n) is 7.70. The summed E-state index contributed by atoms with van der Waals surface area (Å²) in [6.07, 6.45) is 0. The van der Waals surface area contributed by atoms with Gasteiger partial charge in [0.1, 0.15) is 0 Å². The van der Waals surface area contributed by atoms with Crippen molar-refractivity contribution in [2.75, 3.05) is 0 Å². The minimum Gasteiger partial charge on any atom is -0.135 e. The number of thiophene rings is 1. The van der Waals surface area contributed by atoms with Crippen molar-refractivity contribution in [3.8, 4) is 11.1 Å². The Morgan fingerprint density at radius 1 is 0.462 bits per heavy atom. The molecular formula is C36H25BrSSi. The smallest absolute Gasteiger partial charge is 0.135 e. The minimum atomic E-state index is -2.71. The van der Waals surface area contributed by atoms with Crippen LogP contribution in [0.3, 0.4) is 0 Å². The lowest BCUT2D eigenvalue weighted by atomic mass is 10.0. The molecule has 0 spiro atoms. The summed E-state index contributed by atoms with van der Waals surface area (Å²) < 4.78 is 3.79. The summed E-state index contributed by atoms with van der Waals surface area (Å²) in [7, 11) is -2.71. The van der Waals surface area contributed by atoms with Crippen LogP contribution in [0, 0.1) is 0 Å². The van der Waals surface area contributed by atoms with Crippen LogP contribution < -0.4 is 20.7 Å². The van der Waals surface area contributed by atoms with Crippen molar-refractivity contribution in [1.82, 2.24) is 0 Å². The number of benzene rings is 6. The fourth-order valence-electron chi connectivity index (χ4n) is 6.07. The summed E-state index contributed by atoms with van der Waals surface area (Å²) in [5.74, 6) is 0. The number of fused-ring (bicyclic) bond motifs is 3. The van der Waals surface area contributed by atoms with Gasteiger partial charge in [0, 0.05) is 24.6 Å². The molecule has 7 rings (SSSR count).